The number of thioether (sulfide) groups is 1. The van der Waals surface area contributed by atoms with Gasteiger partial charge in [0.2, 0.25) is 0 Å². The average molecular weight is 330 g/mol. The van der Waals surface area contributed by atoms with E-state index >= 15 is 0 Å². The van der Waals surface area contributed by atoms with Crippen LogP contribution in [-0.4, -0.2) is 16.2 Å². The third-order valence-corrected chi connectivity index (χ3v) is 5.01. The van der Waals surface area contributed by atoms with Crippen LogP contribution in [0.4, 0.5) is 0 Å². The lowest BCUT2D eigenvalue weighted by atomic mass is 10.1. The van der Waals surface area contributed by atoms with E-state index in [1.165, 1.54) is 5.56 Å². The smallest absolute Gasteiger partial charge is 0.174 e. The molecule has 17 heavy (non-hydrogen) atoms. The molecule has 0 amide bonds. The second-order valence-corrected chi connectivity index (χ2v) is 6.79. The van der Waals surface area contributed by atoms with E-state index < -0.39 is 0 Å². The van der Waals surface area contributed by atoms with Gasteiger partial charge in [-0.3, -0.25) is 0 Å². The van der Waals surface area contributed by atoms with Gasteiger partial charge >= 0.3 is 0 Å². The summed E-state index contributed by atoms with van der Waals surface area (Å²) in [4.78, 5) is 0. The largest absolute Gasteiger partial charge is 0.327 e. The van der Waals surface area contributed by atoms with Crippen LogP contribution in [0.2, 0.25) is 0 Å². The first-order valence-corrected chi connectivity index (χ1v) is 7.66. The van der Waals surface area contributed by atoms with Gasteiger partial charge in [0.15, 0.2) is 4.34 Å². The number of nitrogens with two attached hydrogens (primary N) is 1. The second-order valence-electron chi connectivity index (χ2n) is 3.66. The Kier molecular flexibility index (Phi) is 4.55. The molecule has 0 saturated carbocycles. The second kappa shape index (κ2) is 5.95. The molecule has 2 aromatic rings. The maximum atomic E-state index is 6.06. The Balaban J connectivity index is 2.23. The fraction of sp³-hybridized carbons (Fsp3) is 0.273. The van der Waals surface area contributed by atoms with Gasteiger partial charge in [0.1, 0.15) is 5.51 Å². The third-order valence-electron chi connectivity index (χ3n) is 2.22. The first-order valence-electron chi connectivity index (χ1n) is 5.10. The lowest BCUT2D eigenvalue weighted by Crippen LogP contribution is -2.22. The summed E-state index contributed by atoms with van der Waals surface area (Å²) in [6.45, 7) is 2.01. The van der Waals surface area contributed by atoms with Crippen molar-refractivity contribution in [1.29, 1.82) is 0 Å². The summed E-state index contributed by atoms with van der Waals surface area (Å²) < 4.78 is 2.02. The molecular weight excluding hydrogens is 318 g/mol. The Hall–Kier alpha value is -0.430. The lowest BCUT2D eigenvalue weighted by molar-refractivity contribution is 0.720. The van der Waals surface area contributed by atoms with Gasteiger partial charge < -0.3 is 5.73 Å². The van der Waals surface area contributed by atoms with Crippen molar-refractivity contribution < 1.29 is 0 Å². The molecule has 0 saturated heterocycles. The van der Waals surface area contributed by atoms with Gasteiger partial charge in [-0.1, -0.05) is 51.2 Å². The van der Waals surface area contributed by atoms with Gasteiger partial charge in [0.25, 0.3) is 0 Å². The molecule has 0 aliphatic carbocycles. The Morgan fingerprint density at radius 3 is 2.88 bits per heavy atom. The van der Waals surface area contributed by atoms with E-state index in [1.54, 1.807) is 28.6 Å². The van der Waals surface area contributed by atoms with Gasteiger partial charge in [-0.25, -0.2) is 0 Å². The topological polar surface area (TPSA) is 51.8 Å². The van der Waals surface area contributed by atoms with Crippen LogP contribution in [0, 0.1) is 0 Å². The Labute approximate surface area is 117 Å². The molecule has 2 N–H and O–H groups in total. The highest BCUT2D eigenvalue weighted by Gasteiger charge is 2.19. The van der Waals surface area contributed by atoms with Crippen molar-refractivity contribution in [1.82, 2.24) is 10.2 Å². The molecule has 0 bridgehead atoms. The Morgan fingerprint density at radius 1 is 1.47 bits per heavy atom. The Morgan fingerprint density at radius 2 is 2.29 bits per heavy atom. The van der Waals surface area contributed by atoms with Gasteiger partial charge in [-0.2, -0.15) is 0 Å². The number of rotatable bonds is 4. The highest BCUT2D eigenvalue weighted by molar-refractivity contribution is 9.10. The summed E-state index contributed by atoms with van der Waals surface area (Å²) >= 11 is 6.69. The molecule has 6 heteroatoms. The monoisotopic (exact) mass is 329 g/mol. The molecule has 2 unspecified atom stereocenters. The van der Waals surface area contributed by atoms with Crippen LogP contribution in [0.15, 0.2) is 38.6 Å². The summed E-state index contributed by atoms with van der Waals surface area (Å²) in [5, 5.41) is 8.09. The maximum Gasteiger partial charge on any atom is 0.174 e. The fourth-order valence-corrected chi connectivity index (χ4v) is 3.65. The molecule has 1 aromatic heterocycles. The first kappa shape index (κ1) is 13.0. The highest BCUT2D eigenvalue weighted by Crippen LogP contribution is 2.38. The zero-order valence-electron chi connectivity index (χ0n) is 9.21. The summed E-state index contributed by atoms with van der Waals surface area (Å²) in [5.74, 6) is 0. The van der Waals surface area contributed by atoms with Crippen molar-refractivity contribution in [3.8, 4) is 0 Å². The average Bonchev–Trinajstić information content (AvgIpc) is 2.78. The van der Waals surface area contributed by atoms with E-state index in [9.17, 15) is 0 Å². The van der Waals surface area contributed by atoms with Crippen molar-refractivity contribution in [3.05, 3.63) is 39.8 Å². The predicted octanol–water partition coefficient (Wildman–Crippen LogP) is 3.48. The molecule has 2 rings (SSSR count). The zero-order valence-corrected chi connectivity index (χ0v) is 12.4. The summed E-state index contributed by atoms with van der Waals surface area (Å²) in [5.41, 5.74) is 9.00. The zero-order chi connectivity index (χ0) is 12.3. The third kappa shape index (κ3) is 3.51. The van der Waals surface area contributed by atoms with E-state index in [2.05, 4.69) is 38.3 Å². The minimum Gasteiger partial charge on any atom is -0.327 e. The number of nitrogens with zero attached hydrogens (tertiary/aromatic N) is 2. The van der Waals surface area contributed by atoms with E-state index in [0.717, 1.165) is 8.81 Å². The lowest BCUT2D eigenvalue weighted by Gasteiger charge is -2.19. The first-order chi connectivity index (χ1) is 8.16. The summed E-state index contributed by atoms with van der Waals surface area (Å²) in [6.07, 6.45) is 0. The van der Waals surface area contributed by atoms with Crippen LogP contribution in [0.3, 0.4) is 0 Å². The molecule has 0 fully saturated rings. The molecule has 0 aliphatic rings. The predicted molar refractivity (Wildman–Crippen MR) is 76.3 cm³/mol. The van der Waals surface area contributed by atoms with Crippen molar-refractivity contribution in [2.24, 2.45) is 5.73 Å². The summed E-state index contributed by atoms with van der Waals surface area (Å²) in [6, 6.07) is 8.28. The van der Waals surface area contributed by atoms with Gasteiger partial charge in [-0.05, 0) is 24.6 Å². The van der Waals surface area contributed by atoms with Crippen molar-refractivity contribution in [3.63, 3.8) is 0 Å². The van der Waals surface area contributed by atoms with Gasteiger partial charge in [-0.15, -0.1) is 10.2 Å². The van der Waals surface area contributed by atoms with E-state index in [-0.39, 0.29) is 11.3 Å². The van der Waals surface area contributed by atoms with E-state index in [0.29, 0.717) is 0 Å². The molecular formula is C11H12BrN3S2. The Bertz CT molecular complexity index is 473. The minimum absolute atomic E-state index is 0.0539. The minimum atomic E-state index is 0.0539. The fourth-order valence-electron chi connectivity index (χ4n) is 1.49. The van der Waals surface area contributed by atoms with Crippen LogP contribution in [-0.2, 0) is 0 Å². The van der Waals surface area contributed by atoms with Gasteiger partial charge in [0.05, 0.1) is 5.25 Å². The molecule has 90 valence electrons. The number of aromatic nitrogens is 2. The quantitative estimate of drug-likeness (QED) is 0.872. The molecule has 3 nitrogen and oxygen atoms in total. The van der Waals surface area contributed by atoms with Crippen LogP contribution in [0.1, 0.15) is 17.7 Å². The number of benzene rings is 1. The number of halogens is 1. The molecule has 0 aliphatic heterocycles. The van der Waals surface area contributed by atoms with Crippen LogP contribution >= 0.6 is 39.0 Å². The SMILES string of the molecule is CC(N)C(Sc1nncs1)c1cccc(Br)c1. The van der Waals surface area contributed by atoms with E-state index in [1.807, 2.05) is 19.1 Å². The van der Waals surface area contributed by atoms with Crippen molar-refractivity contribution >= 4 is 39.0 Å². The molecule has 2 atom stereocenters. The van der Waals surface area contributed by atoms with Crippen molar-refractivity contribution in [2.75, 3.05) is 0 Å². The van der Waals surface area contributed by atoms with Crippen molar-refractivity contribution in [2.45, 2.75) is 22.6 Å². The molecule has 1 heterocycles. The van der Waals surface area contributed by atoms with Gasteiger partial charge in [0, 0.05) is 10.5 Å². The van der Waals surface area contributed by atoms with Crippen LogP contribution in [0.25, 0.3) is 0 Å². The molecule has 0 radical (unpaired) electrons. The maximum absolute atomic E-state index is 6.06. The standard InChI is InChI=1S/C11H12BrN3S2/c1-7(13)10(17-11-15-14-6-16-11)8-3-2-4-9(12)5-8/h2-7,10H,13H2,1H3. The normalized spacial score (nSPS) is 14.5. The van der Waals surface area contributed by atoms with E-state index in [4.69, 9.17) is 5.73 Å². The number of hydrogen-bond donors (Lipinski definition) is 1. The summed E-state index contributed by atoms with van der Waals surface area (Å²) in [7, 11) is 0. The molecule has 1 aromatic carbocycles. The number of hydrogen-bond acceptors (Lipinski definition) is 5. The molecule has 0 spiro atoms. The van der Waals surface area contributed by atoms with Crippen LogP contribution in [0.5, 0.6) is 0 Å². The highest BCUT2D eigenvalue weighted by atomic mass is 79.9. The van der Waals surface area contributed by atoms with Crippen LogP contribution < -0.4 is 5.73 Å².